The van der Waals surface area contributed by atoms with Crippen molar-refractivity contribution >= 4 is 0 Å². The first-order valence-corrected chi connectivity index (χ1v) is 13.4. The zero-order valence-corrected chi connectivity index (χ0v) is 20.5. The molecule has 2 saturated carbocycles. The van der Waals surface area contributed by atoms with E-state index >= 15 is 0 Å². The third kappa shape index (κ3) is 2.68. The fourth-order valence-electron chi connectivity index (χ4n) is 8.33. The average molecular weight is 481 g/mol. The summed E-state index contributed by atoms with van der Waals surface area (Å²) in [6, 6.07) is 43.5. The molecule has 0 spiro atoms. The van der Waals surface area contributed by atoms with E-state index in [1.54, 1.807) is 0 Å². The van der Waals surface area contributed by atoms with Crippen molar-refractivity contribution in [3.8, 4) is 0 Å². The van der Waals surface area contributed by atoms with Gasteiger partial charge in [0.1, 0.15) is 11.1 Å². The van der Waals surface area contributed by atoms with Crippen LogP contribution < -0.4 is 0 Å². The van der Waals surface area contributed by atoms with E-state index in [9.17, 15) is 0 Å². The lowest BCUT2D eigenvalue weighted by atomic mass is 9.59. The summed E-state index contributed by atoms with van der Waals surface area (Å²) in [6.07, 6.45) is 1.13. The number of azo groups is 2. The van der Waals surface area contributed by atoms with Crippen LogP contribution in [0.15, 0.2) is 142 Å². The number of benzene rings is 4. The molecule has 0 aromatic heterocycles. The van der Waals surface area contributed by atoms with Gasteiger partial charge in [0.2, 0.25) is 0 Å². The van der Waals surface area contributed by atoms with Crippen molar-refractivity contribution in [3.63, 3.8) is 0 Å². The van der Waals surface area contributed by atoms with Crippen LogP contribution in [0.5, 0.6) is 0 Å². The summed E-state index contributed by atoms with van der Waals surface area (Å²) >= 11 is 0. The van der Waals surface area contributed by atoms with Gasteiger partial charge in [-0.05, 0) is 40.5 Å². The van der Waals surface area contributed by atoms with Crippen molar-refractivity contribution in [2.24, 2.45) is 44.1 Å². The monoisotopic (exact) mass is 480 g/mol. The molecule has 0 N–H and O–H groups in total. The van der Waals surface area contributed by atoms with E-state index in [-0.39, 0.29) is 23.9 Å². The van der Waals surface area contributed by atoms with Crippen LogP contribution in [0.3, 0.4) is 0 Å². The predicted molar refractivity (Wildman–Crippen MR) is 143 cm³/mol. The maximum atomic E-state index is 5.21. The molecule has 4 aliphatic rings. The first kappa shape index (κ1) is 21.2. The second kappa shape index (κ2) is 7.79. The molecule has 2 fully saturated rings. The molecule has 4 heteroatoms. The lowest BCUT2D eigenvalue weighted by Gasteiger charge is -2.43. The average Bonchev–Trinajstić information content (AvgIpc) is 3.74. The Balaban J connectivity index is 1.29. The van der Waals surface area contributed by atoms with Crippen LogP contribution in [0.1, 0.15) is 28.7 Å². The van der Waals surface area contributed by atoms with Crippen LogP contribution >= 0.6 is 0 Å². The number of nitrogens with zero attached hydrogens (tertiary/aromatic N) is 4. The minimum absolute atomic E-state index is 0.168. The Morgan fingerprint density at radius 1 is 0.432 bits per heavy atom. The highest BCUT2D eigenvalue weighted by molar-refractivity contribution is 5.47. The molecule has 4 aromatic rings. The summed E-state index contributed by atoms with van der Waals surface area (Å²) in [5.41, 5.74) is 3.97. The quantitative estimate of drug-likeness (QED) is 0.292. The Bertz CT molecular complexity index is 1290. The van der Waals surface area contributed by atoms with E-state index in [4.69, 9.17) is 20.5 Å². The van der Waals surface area contributed by atoms with E-state index in [1.165, 1.54) is 22.3 Å². The van der Waals surface area contributed by atoms with Gasteiger partial charge in [0.15, 0.2) is 0 Å². The summed E-state index contributed by atoms with van der Waals surface area (Å²) in [6.45, 7) is 0. The third-order valence-corrected chi connectivity index (χ3v) is 9.60. The minimum Gasteiger partial charge on any atom is -0.189 e. The minimum atomic E-state index is -0.474. The Kier molecular flexibility index (Phi) is 4.46. The number of rotatable bonds is 4. The standard InChI is InChI=1S/C33H28N4/c1-5-13-22(14-6-1)32(23-15-7-2-8-16-23)28-26-21-27(30(28)34-36-32)29-31(26)35-37-33(29,24-17-9-3-10-18-24)25-19-11-4-12-20-25/h1-20,26-31H,21H2/t26-,27-,28-,29+,30-,31+/m0/s1. The first-order chi connectivity index (χ1) is 18.3. The van der Waals surface area contributed by atoms with Crippen LogP contribution in [0.2, 0.25) is 0 Å². The summed E-state index contributed by atoms with van der Waals surface area (Å²) in [5.74, 6) is 1.33. The largest absolute Gasteiger partial charge is 0.189 e. The lowest BCUT2D eigenvalue weighted by Crippen LogP contribution is -2.50. The number of fused-ring (bicyclic) bond motifs is 8. The SMILES string of the molecule is c1ccc(C2(c3ccccc3)N=N[C@@H]3[C@H]4C[C@H]([C@@H]5N=NC(c6ccccc6)(c6ccccc6)[C@@H]45)[C@H]32)cc1. The van der Waals surface area contributed by atoms with Gasteiger partial charge in [-0.25, -0.2) is 0 Å². The normalized spacial score (nSPS) is 31.4. The summed E-state index contributed by atoms with van der Waals surface area (Å²) in [4.78, 5) is 0. The van der Waals surface area contributed by atoms with E-state index in [2.05, 4.69) is 121 Å². The van der Waals surface area contributed by atoms with Gasteiger partial charge in [0.05, 0.1) is 12.1 Å². The van der Waals surface area contributed by atoms with Crippen LogP contribution in [-0.2, 0) is 11.1 Å². The summed E-state index contributed by atoms with van der Waals surface area (Å²) in [7, 11) is 0. The van der Waals surface area contributed by atoms with Crippen LogP contribution in [-0.4, -0.2) is 12.1 Å². The van der Waals surface area contributed by atoms with Gasteiger partial charge in [-0.2, -0.15) is 20.5 Å². The molecular weight excluding hydrogens is 452 g/mol. The van der Waals surface area contributed by atoms with Crippen molar-refractivity contribution in [2.75, 3.05) is 0 Å². The van der Waals surface area contributed by atoms with Crippen LogP contribution in [0, 0.1) is 23.7 Å². The Labute approximate surface area is 217 Å². The topological polar surface area (TPSA) is 49.4 Å². The van der Waals surface area contributed by atoms with Gasteiger partial charge in [0.25, 0.3) is 0 Å². The van der Waals surface area contributed by atoms with Crippen molar-refractivity contribution < 1.29 is 0 Å². The molecule has 6 atom stereocenters. The van der Waals surface area contributed by atoms with Gasteiger partial charge in [-0.3, -0.25) is 0 Å². The number of hydrogen-bond acceptors (Lipinski definition) is 4. The van der Waals surface area contributed by atoms with Crippen molar-refractivity contribution in [1.82, 2.24) is 0 Å². The highest BCUT2D eigenvalue weighted by Crippen LogP contribution is 2.70. The zero-order valence-electron chi connectivity index (χ0n) is 20.5. The number of hydrogen-bond donors (Lipinski definition) is 0. The summed E-state index contributed by atoms with van der Waals surface area (Å²) in [5, 5.41) is 20.7. The van der Waals surface area contributed by atoms with Gasteiger partial charge in [-0.15, -0.1) is 0 Å². The predicted octanol–water partition coefficient (Wildman–Crippen LogP) is 7.42. The second-order valence-electron chi connectivity index (χ2n) is 11.0. The molecule has 0 saturated heterocycles. The molecule has 0 radical (unpaired) electrons. The molecule has 2 heterocycles. The highest BCUT2D eigenvalue weighted by atomic mass is 15.3. The third-order valence-electron chi connectivity index (χ3n) is 9.60. The Morgan fingerprint density at radius 3 is 1.03 bits per heavy atom. The molecule has 0 amide bonds. The Morgan fingerprint density at radius 2 is 0.730 bits per heavy atom. The van der Waals surface area contributed by atoms with E-state index in [0.717, 1.165) is 6.42 Å². The molecule has 2 bridgehead atoms. The highest BCUT2D eigenvalue weighted by Gasteiger charge is 2.72. The molecule has 4 aromatic carbocycles. The molecule has 37 heavy (non-hydrogen) atoms. The van der Waals surface area contributed by atoms with Crippen molar-refractivity contribution in [2.45, 2.75) is 29.6 Å². The lowest BCUT2D eigenvalue weighted by molar-refractivity contribution is 0.147. The van der Waals surface area contributed by atoms with Gasteiger partial charge in [0, 0.05) is 11.8 Å². The van der Waals surface area contributed by atoms with Gasteiger partial charge in [-0.1, -0.05) is 121 Å². The second-order valence-corrected chi connectivity index (χ2v) is 11.0. The van der Waals surface area contributed by atoms with Crippen LogP contribution in [0.4, 0.5) is 0 Å². The van der Waals surface area contributed by atoms with E-state index < -0.39 is 11.1 Å². The van der Waals surface area contributed by atoms with Crippen molar-refractivity contribution in [3.05, 3.63) is 144 Å². The van der Waals surface area contributed by atoms with Gasteiger partial charge >= 0.3 is 0 Å². The zero-order chi connectivity index (χ0) is 24.5. The fraction of sp³-hybridized carbons (Fsp3) is 0.273. The summed E-state index contributed by atoms with van der Waals surface area (Å²) < 4.78 is 0. The van der Waals surface area contributed by atoms with Crippen molar-refractivity contribution in [1.29, 1.82) is 0 Å². The molecule has 0 unspecified atom stereocenters. The Hall–Kier alpha value is -3.92. The molecule has 8 rings (SSSR count). The van der Waals surface area contributed by atoms with Gasteiger partial charge < -0.3 is 0 Å². The maximum Gasteiger partial charge on any atom is 0.137 e. The molecular formula is C33H28N4. The van der Waals surface area contributed by atoms with E-state index in [1.807, 2.05) is 0 Å². The smallest absolute Gasteiger partial charge is 0.137 e. The molecule has 4 nitrogen and oxygen atoms in total. The molecule has 2 aliphatic heterocycles. The molecule has 180 valence electrons. The first-order valence-electron chi connectivity index (χ1n) is 13.4. The fourth-order valence-corrected chi connectivity index (χ4v) is 8.33. The van der Waals surface area contributed by atoms with Crippen LogP contribution in [0.25, 0.3) is 0 Å². The van der Waals surface area contributed by atoms with E-state index in [0.29, 0.717) is 11.8 Å². The molecule has 2 aliphatic carbocycles. The maximum absolute atomic E-state index is 5.21.